The van der Waals surface area contributed by atoms with Crippen molar-refractivity contribution >= 4 is 17.5 Å². The predicted molar refractivity (Wildman–Crippen MR) is 84.9 cm³/mol. The Morgan fingerprint density at radius 1 is 1.57 bits per heavy atom. The van der Waals surface area contributed by atoms with Crippen molar-refractivity contribution in [2.45, 2.75) is 26.4 Å². The van der Waals surface area contributed by atoms with Gasteiger partial charge in [0.15, 0.2) is 6.10 Å². The first-order chi connectivity index (χ1) is 10.0. The maximum absolute atomic E-state index is 12.4. The minimum atomic E-state index is -0.474. The molecule has 0 saturated carbocycles. The van der Waals surface area contributed by atoms with E-state index in [2.05, 4.69) is 5.32 Å². The topological polar surface area (TPSA) is 41.6 Å². The Morgan fingerprint density at radius 2 is 2.33 bits per heavy atom. The molecule has 1 N–H and O–H groups in total. The molecule has 4 nitrogen and oxygen atoms in total. The van der Waals surface area contributed by atoms with Crippen LogP contribution >= 0.6 is 11.6 Å². The summed E-state index contributed by atoms with van der Waals surface area (Å²) in [6.45, 7) is 6.32. The molecule has 1 saturated heterocycles. The van der Waals surface area contributed by atoms with Crippen LogP contribution in [0.15, 0.2) is 18.2 Å². The SMILES string of the molecule is CNCC1CCN(C(=O)C(C)Oc2ccc(Cl)cc2C)C1. The monoisotopic (exact) mass is 310 g/mol. The van der Waals surface area contributed by atoms with Gasteiger partial charge in [-0.2, -0.15) is 0 Å². The van der Waals surface area contributed by atoms with Gasteiger partial charge in [0.05, 0.1) is 0 Å². The fraction of sp³-hybridized carbons (Fsp3) is 0.562. The summed E-state index contributed by atoms with van der Waals surface area (Å²) in [4.78, 5) is 14.3. The number of hydrogen-bond acceptors (Lipinski definition) is 3. The molecule has 0 aliphatic carbocycles. The van der Waals surface area contributed by atoms with Crippen LogP contribution in [0.5, 0.6) is 5.75 Å². The summed E-state index contributed by atoms with van der Waals surface area (Å²) >= 11 is 5.93. The minimum absolute atomic E-state index is 0.0583. The summed E-state index contributed by atoms with van der Waals surface area (Å²) in [5.74, 6) is 1.32. The largest absolute Gasteiger partial charge is 0.481 e. The maximum Gasteiger partial charge on any atom is 0.263 e. The second kappa shape index (κ2) is 7.14. The van der Waals surface area contributed by atoms with Crippen LogP contribution in [0.3, 0.4) is 0 Å². The van der Waals surface area contributed by atoms with E-state index in [0.717, 1.165) is 31.6 Å². The Labute approximate surface area is 131 Å². The molecule has 1 amide bonds. The van der Waals surface area contributed by atoms with E-state index in [4.69, 9.17) is 16.3 Å². The van der Waals surface area contributed by atoms with Gasteiger partial charge in [-0.25, -0.2) is 0 Å². The van der Waals surface area contributed by atoms with Gasteiger partial charge in [0.1, 0.15) is 5.75 Å². The van der Waals surface area contributed by atoms with Crippen LogP contribution in [0, 0.1) is 12.8 Å². The van der Waals surface area contributed by atoms with Crippen LogP contribution in [-0.2, 0) is 4.79 Å². The van der Waals surface area contributed by atoms with E-state index in [9.17, 15) is 4.79 Å². The third kappa shape index (κ3) is 4.11. The molecular formula is C16H23ClN2O2. The third-order valence-corrected chi connectivity index (χ3v) is 4.11. The predicted octanol–water partition coefficient (Wildman–Crippen LogP) is 2.48. The molecule has 1 heterocycles. The highest BCUT2D eigenvalue weighted by atomic mass is 35.5. The number of nitrogens with zero attached hydrogens (tertiary/aromatic N) is 1. The zero-order valence-corrected chi connectivity index (χ0v) is 13.6. The molecule has 21 heavy (non-hydrogen) atoms. The van der Waals surface area contributed by atoms with Crippen molar-refractivity contribution in [2.24, 2.45) is 5.92 Å². The number of halogens is 1. The highest BCUT2D eigenvalue weighted by molar-refractivity contribution is 6.30. The standard InChI is InChI=1S/C16H23ClN2O2/c1-11-8-14(17)4-5-15(11)21-12(2)16(20)19-7-6-13(10-19)9-18-3/h4-5,8,12-13,18H,6-7,9-10H2,1-3H3. The van der Waals surface area contributed by atoms with E-state index >= 15 is 0 Å². The van der Waals surface area contributed by atoms with Gasteiger partial charge in [-0.15, -0.1) is 0 Å². The fourth-order valence-electron chi connectivity index (χ4n) is 2.73. The first-order valence-corrected chi connectivity index (χ1v) is 7.75. The Kier molecular flexibility index (Phi) is 5.48. The van der Waals surface area contributed by atoms with Crippen LogP contribution in [0.25, 0.3) is 0 Å². The molecule has 0 bridgehead atoms. The molecule has 0 aromatic heterocycles. The van der Waals surface area contributed by atoms with E-state index in [-0.39, 0.29) is 5.91 Å². The number of carbonyl (C=O) groups excluding carboxylic acids is 1. The molecule has 0 radical (unpaired) electrons. The number of rotatable bonds is 5. The van der Waals surface area contributed by atoms with Gasteiger partial charge >= 0.3 is 0 Å². The summed E-state index contributed by atoms with van der Waals surface area (Å²) in [6.07, 6.45) is 0.581. The summed E-state index contributed by atoms with van der Waals surface area (Å²) in [5.41, 5.74) is 0.941. The lowest BCUT2D eigenvalue weighted by atomic mass is 10.1. The van der Waals surface area contributed by atoms with Gasteiger partial charge < -0.3 is 15.0 Å². The van der Waals surface area contributed by atoms with Crippen molar-refractivity contribution in [1.29, 1.82) is 0 Å². The zero-order valence-electron chi connectivity index (χ0n) is 12.9. The Balaban J connectivity index is 1.94. The summed E-state index contributed by atoms with van der Waals surface area (Å²) < 4.78 is 5.80. The Morgan fingerprint density at radius 3 is 3.00 bits per heavy atom. The highest BCUT2D eigenvalue weighted by Gasteiger charge is 2.29. The summed E-state index contributed by atoms with van der Waals surface area (Å²) in [5, 5.41) is 3.84. The first kappa shape index (κ1) is 16.1. The number of hydrogen-bond donors (Lipinski definition) is 1. The lowest BCUT2D eigenvalue weighted by Gasteiger charge is -2.22. The molecule has 2 rings (SSSR count). The molecule has 1 aromatic carbocycles. The number of amides is 1. The second-order valence-electron chi connectivity index (χ2n) is 5.67. The van der Waals surface area contributed by atoms with Crippen molar-refractivity contribution in [1.82, 2.24) is 10.2 Å². The lowest BCUT2D eigenvalue weighted by Crippen LogP contribution is -2.39. The van der Waals surface area contributed by atoms with Crippen LogP contribution in [-0.4, -0.2) is 43.6 Å². The first-order valence-electron chi connectivity index (χ1n) is 7.37. The van der Waals surface area contributed by atoms with Crippen LogP contribution in [0.2, 0.25) is 5.02 Å². The van der Waals surface area contributed by atoms with Gasteiger partial charge in [0, 0.05) is 18.1 Å². The molecule has 0 spiro atoms. The number of aryl methyl sites for hydroxylation is 1. The van der Waals surface area contributed by atoms with Gasteiger partial charge in [-0.05, 0) is 63.5 Å². The van der Waals surface area contributed by atoms with Gasteiger partial charge in [0.2, 0.25) is 0 Å². The zero-order chi connectivity index (χ0) is 15.4. The summed E-state index contributed by atoms with van der Waals surface area (Å²) in [7, 11) is 1.94. The number of nitrogens with one attached hydrogen (secondary N) is 1. The van der Waals surface area contributed by atoms with E-state index in [0.29, 0.717) is 16.7 Å². The van der Waals surface area contributed by atoms with Gasteiger partial charge in [-0.3, -0.25) is 4.79 Å². The number of benzene rings is 1. The fourth-order valence-corrected chi connectivity index (χ4v) is 2.96. The molecule has 5 heteroatoms. The number of likely N-dealkylation sites (tertiary alicyclic amines) is 1. The Hall–Kier alpha value is -1.26. The minimum Gasteiger partial charge on any atom is -0.481 e. The molecule has 2 unspecified atom stereocenters. The third-order valence-electron chi connectivity index (χ3n) is 3.88. The van der Waals surface area contributed by atoms with Crippen LogP contribution in [0.4, 0.5) is 0 Å². The smallest absolute Gasteiger partial charge is 0.263 e. The van der Waals surface area contributed by atoms with Crippen molar-refractivity contribution in [3.8, 4) is 5.75 Å². The Bertz CT molecular complexity index is 507. The van der Waals surface area contributed by atoms with E-state index in [1.807, 2.05) is 37.9 Å². The lowest BCUT2D eigenvalue weighted by molar-refractivity contribution is -0.137. The highest BCUT2D eigenvalue weighted by Crippen LogP contribution is 2.24. The normalized spacial score (nSPS) is 19.6. The van der Waals surface area contributed by atoms with Crippen LogP contribution in [0.1, 0.15) is 18.9 Å². The molecule has 1 aliphatic heterocycles. The van der Waals surface area contributed by atoms with E-state index in [1.165, 1.54) is 0 Å². The van der Waals surface area contributed by atoms with E-state index < -0.39 is 6.10 Å². The van der Waals surface area contributed by atoms with Crippen molar-refractivity contribution in [3.05, 3.63) is 28.8 Å². The molecular weight excluding hydrogens is 288 g/mol. The van der Waals surface area contributed by atoms with Gasteiger partial charge in [0.25, 0.3) is 5.91 Å². The average molecular weight is 311 g/mol. The maximum atomic E-state index is 12.4. The van der Waals surface area contributed by atoms with Crippen molar-refractivity contribution in [3.63, 3.8) is 0 Å². The van der Waals surface area contributed by atoms with Crippen molar-refractivity contribution in [2.75, 3.05) is 26.7 Å². The average Bonchev–Trinajstić information content (AvgIpc) is 2.90. The molecule has 1 aliphatic rings. The van der Waals surface area contributed by atoms with E-state index in [1.54, 1.807) is 6.07 Å². The quantitative estimate of drug-likeness (QED) is 0.908. The number of carbonyl (C=O) groups is 1. The van der Waals surface area contributed by atoms with Crippen LogP contribution < -0.4 is 10.1 Å². The molecule has 1 fully saturated rings. The molecule has 116 valence electrons. The molecule has 2 atom stereocenters. The van der Waals surface area contributed by atoms with Crippen molar-refractivity contribution < 1.29 is 9.53 Å². The second-order valence-corrected chi connectivity index (χ2v) is 6.10. The van der Waals surface area contributed by atoms with Gasteiger partial charge in [-0.1, -0.05) is 11.6 Å². The number of ether oxygens (including phenoxy) is 1. The summed E-state index contributed by atoms with van der Waals surface area (Å²) in [6, 6.07) is 5.43. The molecule has 1 aromatic rings.